The van der Waals surface area contributed by atoms with Crippen molar-refractivity contribution in [2.45, 2.75) is 37.2 Å². The Hall–Kier alpha value is -0.240. The van der Waals surface area contributed by atoms with Crippen molar-refractivity contribution in [1.82, 2.24) is 10.0 Å². The van der Waals surface area contributed by atoms with Crippen LogP contribution in [0.1, 0.15) is 12.8 Å². The fourth-order valence-electron chi connectivity index (χ4n) is 2.62. The highest BCUT2D eigenvalue weighted by atomic mass is 16.3. The van der Waals surface area contributed by atoms with Crippen molar-refractivity contribution in [2.75, 3.05) is 26.2 Å². The van der Waals surface area contributed by atoms with Crippen LogP contribution in [-0.4, -0.2) is 81.0 Å². The molecule has 0 radical (unpaired) electrons. The number of aliphatic hydroxyl groups is 4. The molecule has 0 aromatic heterocycles. The summed E-state index contributed by atoms with van der Waals surface area (Å²) < 4.78 is 0. The average molecular weight is 232 g/mol. The maximum Gasteiger partial charge on any atom is 0.101 e. The molecule has 2 saturated heterocycles. The molecule has 0 amide bonds. The Balaban J connectivity index is 2.09. The molecule has 6 nitrogen and oxygen atoms in total. The first kappa shape index (κ1) is 12.2. The quantitative estimate of drug-likeness (QED) is 0.440. The molecule has 6 heteroatoms. The van der Waals surface area contributed by atoms with E-state index in [1.54, 1.807) is 0 Å². The van der Waals surface area contributed by atoms with Crippen LogP contribution in [0, 0.1) is 0 Å². The van der Waals surface area contributed by atoms with Crippen LogP contribution in [0.3, 0.4) is 0 Å². The van der Waals surface area contributed by atoms with Gasteiger partial charge in [0.05, 0.1) is 24.9 Å². The summed E-state index contributed by atoms with van der Waals surface area (Å²) in [5.74, 6) is 0. The third-order valence-electron chi connectivity index (χ3n) is 3.49. The van der Waals surface area contributed by atoms with Crippen LogP contribution in [0.4, 0.5) is 0 Å². The van der Waals surface area contributed by atoms with Crippen molar-refractivity contribution in [3.05, 3.63) is 0 Å². The lowest BCUT2D eigenvalue weighted by atomic mass is 10.1. The van der Waals surface area contributed by atoms with E-state index in [2.05, 4.69) is 0 Å². The summed E-state index contributed by atoms with van der Waals surface area (Å²) in [6.45, 7) is 1.68. The number of hydrazine groups is 1. The lowest BCUT2D eigenvalue weighted by Crippen LogP contribution is -2.53. The molecule has 0 aliphatic carbocycles. The van der Waals surface area contributed by atoms with Gasteiger partial charge in [-0.25, -0.2) is 10.0 Å². The minimum Gasteiger partial charge on any atom is -0.394 e. The summed E-state index contributed by atoms with van der Waals surface area (Å²) in [4.78, 5) is 0. The van der Waals surface area contributed by atoms with Crippen LogP contribution in [0.25, 0.3) is 0 Å². The zero-order chi connectivity index (χ0) is 11.7. The van der Waals surface area contributed by atoms with Crippen molar-refractivity contribution < 1.29 is 20.4 Å². The van der Waals surface area contributed by atoms with E-state index in [0.717, 1.165) is 25.9 Å². The third-order valence-corrected chi connectivity index (χ3v) is 3.49. The van der Waals surface area contributed by atoms with Gasteiger partial charge in [-0.15, -0.1) is 0 Å². The van der Waals surface area contributed by atoms with Gasteiger partial charge in [0, 0.05) is 19.6 Å². The Kier molecular flexibility index (Phi) is 3.78. The molecule has 0 spiro atoms. The van der Waals surface area contributed by atoms with Crippen molar-refractivity contribution in [3.63, 3.8) is 0 Å². The lowest BCUT2D eigenvalue weighted by molar-refractivity contribution is -0.0951. The summed E-state index contributed by atoms with van der Waals surface area (Å²) in [5, 5.41) is 41.9. The second-order valence-electron chi connectivity index (χ2n) is 4.58. The highest BCUT2D eigenvalue weighted by Crippen LogP contribution is 2.25. The monoisotopic (exact) mass is 232 g/mol. The van der Waals surface area contributed by atoms with Gasteiger partial charge in [0.15, 0.2) is 0 Å². The summed E-state index contributed by atoms with van der Waals surface area (Å²) >= 11 is 0. The van der Waals surface area contributed by atoms with E-state index in [-0.39, 0.29) is 0 Å². The summed E-state index contributed by atoms with van der Waals surface area (Å²) in [5.41, 5.74) is 0. The normalized spacial score (nSPS) is 39.4. The molecule has 4 N–H and O–H groups in total. The van der Waals surface area contributed by atoms with Crippen molar-refractivity contribution in [1.29, 1.82) is 0 Å². The molecular weight excluding hydrogens is 212 g/mol. The molecule has 2 rings (SSSR count). The molecule has 3 unspecified atom stereocenters. The van der Waals surface area contributed by atoms with Crippen LogP contribution in [0.2, 0.25) is 0 Å². The van der Waals surface area contributed by atoms with Crippen LogP contribution >= 0.6 is 0 Å². The first-order chi connectivity index (χ1) is 7.65. The van der Waals surface area contributed by atoms with Gasteiger partial charge in [-0.2, -0.15) is 0 Å². The zero-order valence-corrected chi connectivity index (χ0v) is 9.24. The molecule has 0 aromatic rings. The molecule has 4 atom stereocenters. The largest absolute Gasteiger partial charge is 0.394 e. The van der Waals surface area contributed by atoms with E-state index in [4.69, 9.17) is 5.11 Å². The van der Waals surface area contributed by atoms with E-state index >= 15 is 0 Å². The number of β-amino-alcohol motifs (C(OH)–C–C–N with tert-alkyl or cyclic N) is 1. The molecule has 2 aliphatic heterocycles. The number of aliphatic hydroxyl groups excluding tert-OH is 4. The molecule has 0 aromatic carbocycles. The van der Waals surface area contributed by atoms with Crippen LogP contribution in [0.15, 0.2) is 0 Å². The maximum absolute atomic E-state index is 9.80. The predicted molar refractivity (Wildman–Crippen MR) is 56.4 cm³/mol. The second kappa shape index (κ2) is 4.95. The highest BCUT2D eigenvalue weighted by Gasteiger charge is 2.46. The van der Waals surface area contributed by atoms with Gasteiger partial charge in [0.1, 0.15) is 6.10 Å². The van der Waals surface area contributed by atoms with Crippen molar-refractivity contribution >= 4 is 0 Å². The second-order valence-corrected chi connectivity index (χ2v) is 4.58. The topological polar surface area (TPSA) is 87.4 Å². The van der Waals surface area contributed by atoms with Gasteiger partial charge >= 0.3 is 0 Å². The Labute approximate surface area is 94.7 Å². The SMILES string of the molecule is OC[C@H](O)C1C(O)C(O)CN1N1CCCC1. The average Bonchev–Trinajstić information content (AvgIpc) is 2.87. The Morgan fingerprint density at radius 3 is 2.38 bits per heavy atom. The van der Waals surface area contributed by atoms with Crippen molar-refractivity contribution in [2.24, 2.45) is 0 Å². The lowest BCUT2D eigenvalue weighted by Gasteiger charge is -2.35. The molecule has 16 heavy (non-hydrogen) atoms. The van der Waals surface area contributed by atoms with Crippen LogP contribution in [-0.2, 0) is 0 Å². The van der Waals surface area contributed by atoms with E-state index in [9.17, 15) is 15.3 Å². The van der Waals surface area contributed by atoms with E-state index < -0.39 is 31.0 Å². The first-order valence-corrected chi connectivity index (χ1v) is 5.81. The molecule has 2 heterocycles. The standard InChI is InChI=1S/C10H20N2O4/c13-6-8(15)9-10(16)7(14)5-12(9)11-3-1-2-4-11/h7-10,13-16H,1-6H2/t7?,8-,9?,10?/m0/s1. The predicted octanol–water partition coefficient (Wildman–Crippen LogP) is -2.24. The van der Waals surface area contributed by atoms with Gasteiger partial charge in [0.2, 0.25) is 0 Å². The van der Waals surface area contributed by atoms with Gasteiger partial charge in [-0.05, 0) is 12.8 Å². The number of hydrogen-bond donors (Lipinski definition) is 4. The summed E-state index contributed by atoms with van der Waals surface area (Å²) in [6.07, 6.45) is -0.697. The first-order valence-electron chi connectivity index (χ1n) is 5.81. The molecule has 94 valence electrons. The minimum atomic E-state index is -1.02. The summed E-state index contributed by atoms with van der Waals surface area (Å²) in [6, 6.07) is -0.599. The van der Waals surface area contributed by atoms with Crippen LogP contribution in [0.5, 0.6) is 0 Å². The number of hydrogen-bond acceptors (Lipinski definition) is 6. The fourth-order valence-corrected chi connectivity index (χ4v) is 2.62. The van der Waals surface area contributed by atoms with Gasteiger partial charge in [-0.3, -0.25) is 0 Å². The smallest absolute Gasteiger partial charge is 0.101 e. The third kappa shape index (κ3) is 2.09. The molecular formula is C10H20N2O4. The van der Waals surface area contributed by atoms with E-state index in [0.29, 0.717) is 6.54 Å². The minimum absolute atomic E-state index is 0.322. The number of nitrogens with zero attached hydrogens (tertiary/aromatic N) is 2. The molecule has 2 aliphatic rings. The van der Waals surface area contributed by atoms with E-state index in [1.165, 1.54) is 0 Å². The van der Waals surface area contributed by atoms with Crippen molar-refractivity contribution in [3.8, 4) is 0 Å². The van der Waals surface area contributed by atoms with E-state index in [1.807, 2.05) is 10.0 Å². The van der Waals surface area contributed by atoms with Crippen LogP contribution < -0.4 is 0 Å². The molecule has 0 bridgehead atoms. The van der Waals surface area contributed by atoms with Gasteiger partial charge in [0.25, 0.3) is 0 Å². The van der Waals surface area contributed by atoms with Gasteiger partial charge in [-0.1, -0.05) is 0 Å². The number of rotatable bonds is 3. The maximum atomic E-state index is 9.80. The molecule has 2 fully saturated rings. The van der Waals surface area contributed by atoms with Gasteiger partial charge < -0.3 is 20.4 Å². The molecule has 0 saturated carbocycles. The Morgan fingerprint density at radius 1 is 1.19 bits per heavy atom. The fraction of sp³-hybridized carbons (Fsp3) is 1.00. The highest BCUT2D eigenvalue weighted by molar-refractivity contribution is 4.96. The Morgan fingerprint density at radius 2 is 1.81 bits per heavy atom. The summed E-state index contributed by atoms with van der Waals surface area (Å²) in [7, 11) is 0. The Bertz CT molecular complexity index is 235. The zero-order valence-electron chi connectivity index (χ0n) is 9.24.